The van der Waals surface area contributed by atoms with E-state index in [-0.39, 0.29) is 0 Å². The number of anilines is 1. The average molecular weight is 312 g/mol. The fourth-order valence-corrected chi connectivity index (χ4v) is 2.76. The van der Waals surface area contributed by atoms with Gasteiger partial charge in [-0.15, -0.1) is 0 Å². The molecule has 0 fully saturated rings. The molecule has 2 N–H and O–H groups in total. The lowest BCUT2D eigenvalue weighted by Gasteiger charge is -2.26. The molecule has 0 aromatic heterocycles. The minimum absolute atomic E-state index is 0.538. The van der Waals surface area contributed by atoms with E-state index in [1.54, 1.807) is 7.11 Å². The van der Waals surface area contributed by atoms with Crippen molar-refractivity contribution in [3.63, 3.8) is 0 Å². The second-order valence-electron chi connectivity index (χ2n) is 6.23. The summed E-state index contributed by atoms with van der Waals surface area (Å²) in [5.41, 5.74) is 9.34. The van der Waals surface area contributed by atoms with Crippen molar-refractivity contribution < 1.29 is 4.74 Å². The van der Waals surface area contributed by atoms with E-state index < -0.39 is 0 Å². The van der Waals surface area contributed by atoms with E-state index in [1.165, 1.54) is 11.1 Å². The Labute approximate surface area is 140 Å². The maximum absolute atomic E-state index is 5.98. The standard InChI is InChI=1S/C20H28N2O/c1-16(2)22(15-18-8-5-4-6-9-18)13-7-10-17-11-12-20(23-3)19(21)14-17/h4-6,8-9,11-12,14,16H,7,10,13,15,21H2,1-3H3. The van der Waals surface area contributed by atoms with E-state index in [4.69, 9.17) is 10.5 Å². The molecule has 0 saturated carbocycles. The van der Waals surface area contributed by atoms with E-state index in [0.29, 0.717) is 6.04 Å². The molecule has 0 radical (unpaired) electrons. The molecular weight excluding hydrogens is 284 g/mol. The third-order valence-corrected chi connectivity index (χ3v) is 4.16. The predicted octanol–water partition coefficient (Wildman–Crippen LogP) is 4.12. The Morgan fingerprint density at radius 2 is 1.78 bits per heavy atom. The summed E-state index contributed by atoms with van der Waals surface area (Å²) in [6, 6.07) is 17.3. The predicted molar refractivity (Wildman–Crippen MR) is 97.7 cm³/mol. The SMILES string of the molecule is COc1ccc(CCCN(Cc2ccccc2)C(C)C)cc1N. The number of hydrogen-bond acceptors (Lipinski definition) is 3. The first-order chi connectivity index (χ1) is 11.1. The maximum Gasteiger partial charge on any atom is 0.141 e. The topological polar surface area (TPSA) is 38.5 Å². The van der Waals surface area contributed by atoms with Gasteiger partial charge in [0.1, 0.15) is 5.75 Å². The van der Waals surface area contributed by atoms with E-state index >= 15 is 0 Å². The number of hydrogen-bond donors (Lipinski definition) is 1. The minimum Gasteiger partial charge on any atom is -0.495 e. The van der Waals surface area contributed by atoms with Gasteiger partial charge >= 0.3 is 0 Å². The fourth-order valence-electron chi connectivity index (χ4n) is 2.76. The zero-order valence-corrected chi connectivity index (χ0v) is 14.5. The van der Waals surface area contributed by atoms with Crippen molar-refractivity contribution in [2.45, 2.75) is 39.3 Å². The molecule has 2 aromatic rings. The summed E-state index contributed by atoms with van der Waals surface area (Å²) in [5, 5.41) is 0. The van der Waals surface area contributed by atoms with Crippen molar-refractivity contribution in [2.75, 3.05) is 19.4 Å². The Kier molecular flexibility index (Phi) is 6.48. The first-order valence-electron chi connectivity index (χ1n) is 8.30. The normalized spacial score (nSPS) is 11.2. The Hall–Kier alpha value is -2.00. The summed E-state index contributed by atoms with van der Waals surface area (Å²) < 4.78 is 5.21. The van der Waals surface area contributed by atoms with Gasteiger partial charge in [-0.2, -0.15) is 0 Å². The Bertz CT molecular complexity index is 596. The van der Waals surface area contributed by atoms with Crippen LogP contribution in [-0.4, -0.2) is 24.6 Å². The molecule has 23 heavy (non-hydrogen) atoms. The van der Waals surface area contributed by atoms with Crippen LogP contribution >= 0.6 is 0 Å². The van der Waals surface area contributed by atoms with E-state index in [0.717, 1.165) is 37.4 Å². The zero-order chi connectivity index (χ0) is 16.7. The van der Waals surface area contributed by atoms with Crippen LogP contribution in [0.25, 0.3) is 0 Å². The largest absolute Gasteiger partial charge is 0.495 e. The molecule has 3 nitrogen and oxygen atoms in total. The number of rotatable bonds is 8. The molecule has 0 heterocycles. The monoisotopic (exact) mass is 312 g/mol. The minimum atomic E-state index is 0.538. The van der Waals surface area contributed by atoms with Gasteiger partial charge in [0.2, 0.25) is 0 Å². The highest BCUT2D eigenvalue weighted by atomic mass is 16.5. The summed E-state index contributed by atoms with van der Waals surface area (Å²) in [7, 11) is 1.65. The molecule has 0 amide bonds. The Morgan fingerprint density at radius 3 is 2.39 bits per heavy atom. The molecule has 0 saturated heterocycles. The van der Waals surface area contributed by atoms with Crippen molar-refractivity contribution in [3.05, 3.63) is 59.7 Å². The summed E-state index contributed by atoms with van der Waals surface area (Å²) >= 11 is 0. The summed E-state index contributed by atoms with van der Waals surface area (Å²) in [5.74, 6) is 0.752. The highest BCUT2D eigenvalue weighted by Crippen LogP contribution is 2.22. The molecule has 124 valence electrons. The molecule has 0 spiro atoms. The summed E-state index contributed by atoms with van der Waals surface area (Å²) in [4.78, 5) is 2.52. The van der Waals surface area contributed by atoms with Crippen molar-refractivity contribution in [1.29, 1.82) is 0 Å². The van der Waals surface area contributed by atoms with Gasteiger partial charge in [-0.3, -0.25) is 4.90 Å². The Balaban J connectivity index is 1.88. The van der Waals surface area contributed by atoms with Crippen LogP contribution in [0.4, 0.5) is 5.69 Å². The highest BCUT2D eigenvalue weighted by Gasteiger charge is 2.10. The lowest BCUT2D eigenvalue weighted by atomic mass is 10.1. The van der Waals surface area contributed by atoms with Gasteiger partial charge in [0.05, 0.1) is 12.8 Å². The molecule has 3 heteroatoms. The third kappa shape index (κ3) is 5.29. The zero-order valence-electron chi connectivity index (χ0n) is 14.5. The first kappa shape index (κ1) is 17.4. The molecule has 2 aromatic carbocycles. The van der Waals surface area contributed by atoms with Crippen LogP contribution in [0.5, 0.6) is 5.75 Å². The van der Waals surface area contributed by atoms with Gasteiger partial charge in [-0.25, -0.2) is 0 Å². The second-order valence-corrected chi connectivity index (χ2v) is 6.23. The molecule has 0 unspecified atom stereocenters. The average Bonchev–Trinajstić information content (AvgIpc) is 2.55. The quantitative estimate of drug-likeness (QED) is 0.745. The molecule has 2 rings (SSSR count). The van der Waals surface area contributed by atoms with E-state index in [9.17, 15) is 0 Å². The molecular formula is C20H28N2O. The smallest absolute Gasteiger partial charge is 0.141 e. The lowest BCUT2D eigenvalue weighted by Crippen LogP contribution is -2.31. The van der Waals surface area contributed by atoms with Gasteiger partial charge in [0, 0.05) is 12.6 Å². The molecule has 0 aliphatic rings. The van der Waals surface area contributed by atoms with Gasteiger partial charge in [0.25, 0.3) is 0 Å². The van der Waals surface area contributed by atoms with Gasteiger partial charge in [-0.1, -0.05) is 36.4 Å². The van der Waals surface area contributed by atoms with Crippen LogP contribution in [-0.2, 0) is 13.0 Å². The van der Waals surface area contributed by atoms with Gasteiger partial charge in [0.15, 0.2) is 0 Å². The van der Waals surface area contributed by atoms with Crippen LogP contribution < -0.4 is 10.5 Å². The van der Waals surface area contributed by atoms with Crippen LogP contribution in [0, 0.1) is 0 Å². The molecule has 0 aliphatic carbocycles. The number of ether oxygens (including phenoxy) is 1. The fraction of sp³-hybridized carbons (Fsp3) is 0.400. The summed E-state index contributed by atoms with van der Waals surface area (Å²) in [6.07, 6.45) is 2.16. The lowest BCUT2D eigenvalue weighted by molar-refractivity contribution is 0.210. The highest BCUT2D eigenvalue weighted by molar-refractivity contribution is 5.54. The van der Waals surface area contributed by atoms with Crippen LogP contribution in [0.3, 0.4) is 0 Å². The number of nitrogens with zero attached hydrogens (tertiary/aromatic N) is 1. The maximum atomic E-state index is 5.98. The second kappa shape index (κ2) is 8.59. The first-order valence-corrected chi connectivity index (χ1v) is 8.30. The Morgan fingerprint density at radius 1 is 1.04 bits per heavy atom. The number of methoxy groups -OCH3 is 1. The number of benzene rings is 2. The third-order valence-electron chi connectivity index (χ3n) is 4.16. The van der Waals surface area contributed by atoms with Crippen LogP contribution in [0.15, 0.2) is 48.5 Å². The molecule has 0 aliphatic heterocycles. The van der Waals surface area contributed by atoms with Crippen molar-refractivity contribution in [1.82, 2.24) is 4.90 Å². The van der Waals surface area contributed by atoms with Crippen molar-refractivity contribution >= 4 is 5.69 Å². The van der Waals surface area contributed by atoms with Crippen molar-refractivity contribution in [2.24, 2.45) is 0 Å². The molecule has 0 bridgehead atoms. The number of nitrogens with two attached hydrogens (primary N) is 1. The van der Waals surface area contributed by atoms with E-state index in [1.807, 2.05) is 12.1 Å². The number of aryl methyl sites for hydroxylation is 1. The summed E-state index contributed by atoms with van der Waals surface area (Å²) in [6.45, 7) is 6.60. The van der Waals surface area contributed by atoms with Crippen LogP contribution in [0.2, 0.25) is 0 Å². The van der Waals surface area contributed by atoms with Crippen molar-refractivity contribution in [3.8, 4) is 5.75 Å². The van der Waals surface area contributed by atoms with E-state index in [2.05, 4.69) is 55.1 Å². The number of nitrogen functional groups attached to an aromatic ring is 1. The van der Waals surface area contributed by atoms with Crippen LogP contribution in [0.1, 0.15) is 31.4 Å². The van der Waals surface area contributed by atoms with Gasteiger partial charge < -0.3 is 10.5 Å². The molecule has 0 atom stereocenters. The van der Waals surface area contributed by atoms with Gasteiger partial charge in [-0.05, 0) is 56.5 Å².